The largest absolute Gasteiger partial charge is 0.328 e. The fourth-order valence-electron chi connectivity index (χ4n) is 2.87. The number of carbonyl (C=O) groups is 1. The van der Waals surface area contributed by atoms with Crippen LogP contribution >= 0.6 is 0 Å². The zero-order valence-corrected chi connectivity index (χ0v) is 13.5. The van der Waals surface area contributed by atoms with Crippen LogP contribution < -0.4 is 10.8 Å². The zero-order valence-electron chi connectivity index (χ0n) is 13.5. The van der Waals surface area contributed by atoms with Crippen molar-refractivity contribution in [3.05, 3.63) is 65.3 Å². The molecule has 0 bridgehead atoms. The summed E-state index contributed by atoms with van der Waals surface area (Å²) in [4.78, 5) is 16.8. The van der Waals surface area contributed by atoms with E-state index in [1.54, 1.807) is 0 Å². The number of rotatable bonds is 3. The third kappa shape index (κ3) is 4.17. The lowest BCUT2D eigenvalue weighted by Crippen LogP contribution is -2.32. The Morgan fingerprint density at radius 1 is 1.17 bits per heavy atom. The van der Waals surface area contributed by atoms with E-state index in [1.807, 2.05) is 29.0 Å². The minimum absolute atomic E-state index is 0.00959. The predicted octanol–water partition coefficient (Wildman–Crippen LogP) is 2.27. The molecule has 1 aromatic heterocycles. The molecule has 1 saturated heterocycles. The van der Waals surface area contributed by atoms with Gasteiger partial charge in [-0.15, -0.1) is 0 Å². The van der Waals surface area contributed by atoms with Crippen LogP contribution in [-0.2, 0) is 11.3 Å². The summed E-state index contributed by atoms with van der Waals surface area (Å²) in [6, 6.07) is 14.3. The summed E-state index contributed by atoms with van der Waals surface area (Å²) >= 11 is 0. The van der Waals surface area contributed by atoms with E-state index in [1.165, 1.54) is 11.1 Å². The molecule has 3 rings (SSSR count). The monoisotopic (exact) mass is 309 g/mol. The van der Waals surface area contributed by atoms with Crippen molar-refractivity contribution in [2.75, 3.05) is 13.1 Å². The Kier molecular flexibility index (Phi) is 5.03. The molecule has 0 unspecified atom stereocenters. The van der Waals surface area contributed by atoms with E-state index >= 15 is 0 Å². The molecule has 0 aliphatic carbocycles. The van der Waals surface area contributed by atoms with Crippen LogP contribution in [0.25, 0.3) is 0 Å². The van der Waals surface area contributed by atoms with Gasteiger partial charge in [0.2, 0.25) is 0 Å². The van der Waals surface area contributed by atoms with Gasteiger partial charge in [-0.1, -0.05) is 35.9 Å². The van der Waals surface area contributed by atoms with Crippen molar-refractivity contribution in [3.8, 4) is 0 Å². The molecular weight excluding hydrogens is 286 g/mol. The van der Waals surface area contributed by atoms with Crippen molar-refractivity contribution < 1.29 is 4.79 Å². The molecule has 0 saturated carbocycles. The molecule has 0 spiro atoms. The number of benzene rings is 1. The van der Waals surface area contributed by atoms with Crippen LogP contribution in [0.4, 0.5) is 0 Å². The molecule has 1 aromatic carbocycles. The van der Waals surface area contributed by atoms with Crippen molar-refractivity contribution >= 4 is 5.91 Å². The number of carbonyl (C=O) groups excluding carboxylic acids is 1. The summed E-state index contributed by atoms with van der Waals surface area (Å²) < 4.78 is 2.03. The fraction of sp³-hybridized carbons (Fsp3) is 0.368. The molecule has 1 fully saturated rings. The molecule has 1 amide bonds. The van der Waals surface area contributed by atoms with E-state index in [0.29, 0.717) is 0 Å². The van der Waals surface area contributed by atoms with E-state index < -0.39 is 0 Å². The Hall–Kier alpha value is -2.20. The summed E-state index contributed by atoms with van der Waals surface area (Å²) in [7, 11) is 0. The van der Waals surface area contributed by atoms with Crippen molar-refractivity contribution in [1.29, 1.82) is 0 Å². The van der Waals surface area contributed by atoms with Gasteiger partial charge in [-0.25, -0.2) is 0 Å². The number of aryl methyl sites for hydroxylation is 1. The molecular formula is C19H23N3O. The topological polar surface area (TPSA) is 46.4 Å². The van der Waals surface area contributed by atoms with Crippen molar-refractivity contribution in [2.24, 2.45) is 10.9 Å². The van der Waals surface area contributed by atoms with Gasteiger partial charge in [0.25, 0.3) is 5.91 Å². The van der Waals surface area contributed by atoms with E-state index in [4.69, 9.17) is 0 Å². The van der Waals surface area contributed by atoms with Crippen LogP contribution in [-0.4, -0.2) is 23.6 Å². The number of hydrogen-bond donors (Lipinski definition) is 1. The van der Waals surface area contributed by atoms with Crippen LogP contribution in [0.5, 0.6) is 0 Å². The van der Waals surface area contributed by atoms with Crippen LogP contribution in [0.15, 0.2) is 53.7 Å². The highest BCUT2D eigenvalue weighted by Gasteiger charge is 2.20. The molecule has 4 heteroatoms. The maximum absolute atomic E-state index is 12.4. The Labute approximate surface area is 136 Å². The fourth-order valence-corrected chi connectivity index (χ4v) is 2.87. The standard InChI is InChI=1S/C19H23N3O/c1-15-5-7-16(8-6-15)14-22-13-3-2-4-18(22)21-19(23)17-9-11-20-12-10-17/h2-8,13,17,20H,9-12,14H2,1H3. The van der Waals surface area contributed by atoms with E-state index in [2.05, 4.69) is 41.5 Å². The number of piperidine rings is 1. The first-order valence-corrected chi connectivity index (χ1v) is 8.23. The number of nitrogens with one attached hydrogen (secondary N) is 1. The Bertz CT molecular complexity index is 725. The summed E-state index contributed by atoms with van der Waals surface area (Å²) in [5.41, 5.74) is 3.19. The van der Waals surface area contributed by atoms with E-state index in [0.717, 1.165) is 38.0 Å². The van der Waals surface area contributed by atoms with Gasteiger partial charge in [0.05, 0.1) is 0 Å². The van der Waals surface area contributed by atoms with E-state index in [-0.39, 0.29) is 11.8 Å². The molecule has 1 aliphatic heterocycles. The van der Waals surface area contributed by atoms with Crippen molar-refractivity contribution in [3.63, 3.8) is 0 Å². The average Bonchev–Trinajstić information content (AvgIpc) is 2.59. The number of amides is 1. The minimum atomic E-state index is 0.00959. The molecule has 4 nitrogen and oxygen atoms in total. The molecule has 1 aliphatic rings. The average molecular weight is 309 g/mol. The summed E-state index contributed by atoms with van der Waals surface area (Å²) in [6.45, 7) is 4.62. The predicted molar refractivity (Wildman–Crippen MR) is 90.9 cm³/mol. The number of aromatic nitrogens is 1. The highest BCUT2D eigenvalue weighted by Crippen LogP contribution is 2.12. The normalized spacial score (nSPS) is 16.5. The summed E-state index contributed by atoms with van der Waals surface area (Å²) in [6.07, 6.45) is 3.74. The Balaban J connectivity index is 1.83. The quantitative estimate of drug-likeness (QED) is 0.945. The molecule has 120 valence electrons. The van der Waals surface area contributed by atoms with Gasteiger partial charge in [-0.3, -0.25) is 4.79 Å². The molecule has 1 N–H and O–H groups in total. The third-order valence-corrected chi connectivity index (χ3v) is 4.30. The van der Waals surface area contributed by atoms with Gasteiger partial charge in [0.15, 0.2) is 0 Å². The van der Waals surface area contributed by atoms with Gasteiger partial charge in [0.1, 0.15) is 5.49 Å². The maximum atomic E-state index is 12.4. The second-order valence-corrected chi connectivity index (χ2v) is 6.15. The lowest BCUT2D eigenvalue weighted by molar-refractivity contribution is -0.122. The van der Waals surface area contributed by atoms with E-state index in [9.17, 15) is 4.79 Å². The molecule has 2 heterocycles. The van der Waals surface area contributed by atoms with Gasteiger partial charge in [-0.2, -0.15) is 4.99 Å². The zero-order chi connectivity index (χ0) is 16.1. The van der Waals surface area contributed by atoms with Gasteiger partial charge >= 0.3 is 0 Å². The van der Waals surface area contributed by atoms with Crippen LogP contribution in [0, 0.1) is 12.8 Å². The number of pyridine rings is 1. The minimum Gasteiger partial charge on any atom is -0.328 e. The Morgan fingerprint density at radius 2 is 1.91 bits per heavy atom. The Morgan fingerprint density at radius 3 is 2.65 bits per heavy atom. The number of nitrogens with zero attached hydrogens (tertiary/aromatic N) is 2. The molecule has 0 radical (unpaired) electrons. The first-order chi connectivity index (χ1) is 11.2. The van der Waals surface area contributed by atoms with Crippen LogP contribution in [0.3, 0.4) is 0 Å². The van der Waals surface area contributed by atoms with Crippen LogP contribution in [0.2, 0.25) is 0 Å². The summed E-state index contributed by atoms with van der Waals surface area (Å²) in [5, 5.41) is 3.28. The van der Waals surface area contributed by atoms with Crippen molar-refractivity contribution in [1.82, 2.24) is 9.88 Å². The SMILES string of the molecule is Cc1ccc(Cn2ccccc2=NC(=O)C2CCNCC2)cc1. The first-order valence-electron chi connectivity index (χ1n) is 8.23. The number of hydrogen-bond acceptors (Lipinski definition) is 2. The highest BCUT2D eigenvalue weighted by atomic mass is 16.1. The molecule has 2 aromatic rings. The van der Waals surface area contributed by atoms with Crippen LogP contribution in [0.1, 0.15) is 24.0 Å². The second kappa shape index (κ2) is 7.38. The smallest absolute Gasteiger partial charge is 0.250 e. The highest BCUT2D eigenvalue weighted by molar-refractivity contribution is 5.79. The maximum Gasteiger partial charge on any atom is 0.250 e. The molecule has 23 heavy (non-hydrogen) atoms. The van der Waals surface area contributed by atoms with Crippen molar-refractivity contribution in [2.45, 2.75) is 26.3 Å². The first kappa shape index (κ1) is 15.7. The summed E-state index contributed by atoms with van der Waals surface area (Å²) in [5.74, 6) is 0.0691. The lowest BCUT2D eigenvalue weighted by atomic mass is 9.98. The van der Waals surface area contributed by atoms with Gasteiger partial charge < -0.3 is 9.88 Å². The second-order valence-electron chi connectivity index (χ2n) is 6.15. The van der Waals surface area contributed by atoms with Gasteiger partial charge in [-0.05, 0) is 50.6 Å². The molecule has 0 atom stereocenters. The lowest BCUT2D eigenvalue weighted by Gasteiger charge is -2.19. The van der Waals surface area contributed by atoms with Gasteiger partial charge in [0, 0.05) is 18.7 Å². The third-order valence-electron chi connectivity index (χ3n) is 4.30.